The van der Waals surface area contributed by atoms with E-state index in [2.05, 4.69) is 19.9 Å². The standard InChI is InChI=1S/C17H24N4O3.C7H6F2O/c1-12-3-4-14(24-12)16(22)19-15-11-13(5-6-18-15)17(23)21-9-7-20(2)8-10-21;1-10-6-4-2-3-5(8)7(6)9/h5-6,11-12,14H,3-4,7-10H2,1-2H3,(H,18,19,22);2-4H,1H3. The van der Waals surface area contributed by atoms with Gasteiger partial charge in [-0.15, -0.1) is 0 Å². The molecule has 3 heterocycles. The molecule has 2 amide bonds. The molecule has 0 saturated carbocycles. The molecule has 4 rings (SSSR count). The van der Waals surface area contributed by atoms with Crippen LogP contribution in [0, 0.1) is 11.6 Å². The van der Waals surface area contributed by atoms with Gasteiger partial charge < -0.3 is 24.6 Å². The Hall–Kier alpha value is -3.11. The van der Waals surface area contributed by atoms with Crippen LogP contribution in [0.4, 0.5) is 14.6 Å². The molecule has 184 valence electrons. The lowest BCUT2D eigenvalue weighted by molar-refractivity contribution is -0.126. The van der Waals surface area contributed by atoms with Crippen molar-refractivity contribution in [2.75, 3.05) is 45.7 Å². The summed E-state index contributed by atoms with van der Waals surface area (Å²) in [4.78, 5) is 33.0. The number of piperazine rings is 1. The summed E-state index contributed by atoms with van der Waals surface area (Å²) in [6.07, 6.45) is 2.83. The molecule has 2 aromatic rings. The zero-order valence-corrected chi connectivity index (χ0v) is 19.6. The molecule has 1 N–H and O–H groups in total. The van der Waals surface area contributed by atoms with E-state index in [4.69, 9.17) is 4.74 Å². The highest BCUT2D eigenvalue weighted by atomic mass is 19.2. The highest BCUT2D eigenvalue weighted by molar-refractivity contribution is 5.97. The van der Waals surface area contributed by atoms with E-state index in [0.29, 0.717) is 30.9 Å². The third-order valence-corrected chi connectivity index (χ3v) is 5.71. The second-order valence-corrected chi connectivity index (χ2v) is 8.28. The van der Waals surface area contributed by atoms with Crippen molar-refractivity contribution < 1.29 is 27.8 Å². The summed E-state index contributed by atoms with van der Waals surface area (Å²) in [7, 11) is 3.34. The molecule has 1 aromatic heterocycles. The highest BCUT2D eigenvalue weighted by Gasteiger charge is 2.28. The lowest BCUT2D eigenvalue weighted by Gasteiger charge is -2.32. The van der Waals surface area contributed by atoms with Crippen molar-refractivity contribution >= 4 is 17.6 Å². The summed E-state index contributed by atoms with van der Waals surface area (Å²) >= 11 is 0. The van der Waals surface area contributed by atoms with Gasteiger partial charge in [-0.2, -0.15) is 4.39 Å². The summed E-state index contributed by atoms with van der Waals surface area (Å²) in [5, 5.41) is 2.76. The van der Waals surface area contributed by atoms with Gasteiger partial charge in [0.1, 0.15) is 11.9 Å². The third-order valence-electron chi connectivity index (χ3n) is 5.71. The summed E-state index contributed by atoms with van der Waals surface area (Å²) in [5.41, 5.74) is 0.547. The molecule has 0 aliphatic carbocycles. The maximum atomic E-state index is 12.6. The third kappa shape index (κ3) is 6.71. The van der Waals surface area contributed by atoms with E-state index >= 15 is 0 Å². The number of aromatic nitrogens is 1. The molecular weight excluding hydrogens is 446 g/mol. The average molecular weight is 477 g/mol. The van der Waals surface area contributed by atoms with Crippen molar-refractivity contribution in [1.29, 1.82) is 0 Å². The number of nitrogens with one attached hydrogen (secondary N) is 1. The number of carbonyl (C=O) groups excluding carboxylic acids is 2. The molecule has 2 saturated heterocycles. The SMILES string of the molecule is CC1CCC(C(=O)Nc2cc(C(=O)N3CCN(C)CC3)ccn2)O1.COc1cccc(F)c1F. The molecule has 0 bridgehead atoms. The predicted octanol–water partition coefficient (Wildman–Crippen LogP) is 2.95. The van der Waals surface area contributed by atoms with Gasteiger partial charge in [-0.05, 0) is 51.1 Å². The first-order valence-corrected chi connectivity index (χ1v) is 11.2. The Labute approximate surface area is 197 Å². The first kappa shape index (κ1) is 25.5. The maximum Gasteiger partial charge on any atom is 0.254 e. The number of benzene rings is 1. The van der Waals surface area contributed by atoms with Crippen molar-refractivity contribution in [3.8, 4) is 5.75 Å². The molecule has 0 spiro atoms. The Morgan fingerprint density at radius 2 is 1.88 bits per heavy atom. The van der Waals surface area contributed by atoms with Gasteiger partial charge in [-0.25, -0.2) is 9.37 Å². The second kappa shape index (κ2) is 11.8. The zero-order valence-electron chi connectivity index (χ0n) is 19.6. The minimum Gasteiger partial charge on any atom is -0.494 e. The molecule has 0 radical (unpaired) electrons. The number of likely N-dealkylation sites (N-methyl/N-ethyl adjacent to an activating group) is 1. The topological polar surface area (TPSA) is 84.0 Å². The number of ether oxygens (including phenoxy) is 2. The van der Waals surface area contributed by atoms with Crippen molar-refractivity contribution in [2.45, 2.75) is 32.0 Å². The Morgan fingerprint density at radius 1 is 1.15 bits per heavy atom. The van der Waals surface area contributed by atoms with E-state index in [1.807, 2.05) is 18.9 Å². The molecule has 2 atom stereocenters. The van der Waals surface area contributed by atoms with Crippen LogP contribution in [0.3, 0.4) is 0 Å². The van der Waals surface area contributed by atoms with Gasteiger partial charge in [-0.3, -0.25) is 9.59 Å². The Kier molecular flexibility index (Phi) is 8.89. The fourth-order valence-corrected chi connectivity index (χ4v) is 3.67. The quantitative estimate of drug-likeness (QED) is 0.731. The number of nitrogens with zero attached hydrogens (tertiary/aromatic N) is 3. The van der Waals surface area contributed by atoms with Crippen LogP contribution in [-0.4, -0.2) is 79.1 Å². The second-order valence-electron chi connectivity index (χ2n) is 8.28. The molecule has 8 nitrogen and oxygen atoms in total. The molecule has 2 aliphatic rings. The number of anilines is 1. The molecule has 1 aromatic carbocycles. The predicted molar refractivity (Wildman–Crippen MR) is 123 cm³/mol. The first-order valence-electron chi connectivity index (χ1n) is 11.2. The Balaban J connectivity index is 0.000000271. The summed E-state index contributed by atoms with van der Waals surface area (Å²) < 4.78 is 34.9. The molecule has 2 unspecified atom stereocenters. The molecule has 10 heteroatoms. The van der Waals surface area contributed by atoms with Crippen molar-refractivity contribution in [1.82, 2.24) is 14.8 Å². The summed E-state index contributed by atoms with van der Waals surface area (Å²) in [6, 6.07) is 7.11. The van der Waals surface area contributed by atoms with Gasteiger partial charge in [-0.1, -0.05) is 6.07 Å². The lowest BCUT2D eigenvalue weighted by Crippen LogP contribution is -2.47. The normalized spacial score (nSPS) is 20.3. The first-order chi connectivity index (χ1) is 16.3. The number of methoxy groups -OCH3 is 1. The highest BCUT2D eigenvalue weighted by Crippen LogP contribution is 2.21. The molecule has 2 aliphatic heterocycles. The number of carbonyl (C=O) groups is 2. The average Bonchev–Trinajstić information content (AvgIpc) is 3.28. The monoisotopic (exact) mass is 476 g/mol. The molecular formula is C24H30F2N4O4. The van der Waals surface area contributed by atoms with Crippen LogP contribution in [0.2, 0.25) is 0 Å². The summed E-state index contributed by atoms with van der Waals surface area (Å²) in [5.74, 6) is -1.73. The summed E-state index contributed by atoms with van der Waals surface area (Å²) in [6.45, 7) is 5.14. The van der Waals surface area contributed by atoms with E-state index in [9.17, 15) is 18.4 Å². The van der Waals surface area contributed by atoms with Crippen LogP contribution in [-0.2, 0) is 9.53 Å². The number of rotatable bonds is 4. The number of hydrogen-bond acceptors (Lipinski definition) is 6. The maximum absolute atomic E-state index is 12.6. The van der Waals surface area contributed by atoms with Crippen LogP contribution in [0.15, 0.2) is 36.5 Å². The number of amides is 2. The largest absolute Gasteiger partial charge is 0.494 e. The Bertz CT molecular complexity index is 999. The smallest absolute Gasteiger partial charge is 0.254 e. The lowest BCUT2D eigenvalue weighted by atomic mass is 10.2. The van der Waals surface area contributed by atoms with E-state index in [0.717, 1.165) is 25.6 Å². The van der Waals surface area contributed by atoms with E-state index in [1.165, 1.54) is 19.2 Å². The van der Waals surface area contributed by atoms with Crippen LogP contribution in [0.1, 0.15) is 30.1 Å². The van der Waals surface area contributed by atoms with Gasteiger partial charge in [0, 0.05) is 37.9 Å². The van der Waals surface area contributed by atoms with Crippen molar-refractivity contribution in [3.63, 3.8) is 0 Å². The van der Waals surface area contributed by atoms with E-state index in [1.54, 1.807) is 18.3 Å². The fraction of sp³-hybridized carbons (Fsp3) is 0.458. The van der Waals surface area contributed by atoms with Crippen LogP contribution in [0.5, 0.6) is 5.75 Å². The van der Waals surface area contributed by atoms with Crippen LogP contribution < -0.4 is 10.1 Å². The number of pyridine rings is 1. The van der Waals surface area contributed by atoms with Crippen molar-refractivity contribution in [3.05, 3.63) is 53.7 Å². The fourth-order valence-electron chi connectivity index (χ4n) is 3.67. The minimum atomic E-state index is -0.940. The van der Waals surface area contributed by atoms with E-state index < -0.39 is 17.7 Å². The number of halogens is 2. The van der Waals surface area contributed by atoms with Gasteiger partial charge in [0.25, 0.3) is 11.8 Å². The van der Waals surface area contributed by atoms with Gasteiger partial charge in [0.2, 0.25) is 5.82 Å². The van der Waals surface area contributed by atoms with Crippen molar-refractivity contribution in [2.24, 2.45) is 0 Å². The van der Waals surface area contributed by atoms with Crippen LogP contribution >= 0.6 is 0 Å². The van der Waals surface area contributed by atoms with E-state index in [-0.39, 0.29) is 23.7 Å². The molecule has 2 fully saturated rings. The zero-order chi connectivity index (χ0) is 24.7. The Morgan fingerprint density at radius 3 is 2.50 bits per heavy atom. The van der Waals surface area contributed by atoms with Gasteiger partial charge >= 0.3 is 0 Å². The molecule has 34 heavy (non-hydrogen) atoms. The van der Waals surface area contributed by atoms with Crippen LogP contribution in [0.25, 0.3) is 0 Å². The van der Waals surface area contributed by atoms with Gasteiger partial charge in [0.15, 0.2) is 11.6 Å². The minimum absolute atomic E-state index is 0.0215. The number of hydrogen-bond donors (Lipinski definition) is 1. The van der Waals surface area contributed by atoms with Gasteiger partial charge in [0.05, 0.1) is 13.2 Å².